The van der Waals surface area contributed by atoms with Gasteiger partial charge in [0.1, 0.15) is 11.5 Å². The molecule has 0 saturated heterocycles. The SMILES string of the molecule is COc1ccc(OC)c(NC(=O)c2cnc(Nc3cc(C)ccc3C)nc2)c1. The van der Waals surface area contributed by atoms with Crippen LogP contribution in [0.2, 0.25) is 0 Å². The van der Waals surface area contributed by atoms with Crippen molar-refractivity contribution in [1.29, 1.82) is 0 Å². The summed E-state index contributed by atoms with van der Waals surface area (Å²) < 4.78 is 10.5. The molecule has 3 rings (SSSR count). The van der Waals surface area contributed by atoms with Gasteiger partial charge in [-0.15, -0.1) is 0 Å². The van der Waals surface area contributed by atoms with Crippen LogP contribution in [0.25, 0.3) is 0 Å². The largest absolute Gasteiger partial charge is 0.497 e. The van der Waals surface area contributed by atoms with Gasteiger partial charge in [-0.3, -0.25) is 4.79 Å². The van der Waals surface area contributed by atoms with Gasteiger partial charge in [-0.1, -0.05) is 12.1 Å². The lowest BCUT2D eigenvalue weighted by Gasteiger charge is -2.12. The number of nitrogens with one attached hydrogen (secondary N) is 2. The number of methoxy groups -OCH3 is 2. The van der Waals surface area contributed by atoms with Crippen molar-refractivity contribution in [3.8, 4) is 11.5 Å². The molecule has 0 bridgehead atoms. The lowest BCUT2D eigenvalue weighted by molar-refractivity contribution is 0.102. The fourth-order valence-electron chi connectivity index (χ4n) is 2.61. The first-order valence-corrected chi connectivity index (χ1v) is 8.70. The van der Waals surface area contributed by atoms with Crippen molar-refractivity contribution in [1.82, 2.24) is 9.97 Å². The van der Waals surface area contributed by atoms with Crippen LogP contribution in [0.3, 0.4) is 0 Å². The van der Waals surface area contributed by atoms with Gasteiger partial charge in [0.05, 0.1) is 25.5 Å². The Morgan fingerprint density at radius 2 is 1.68 bits per heavy atom. The summed E-state index contributed by atoms with van der Waals surface area (Å²) in [6.45, 7) is 4.02. The van der Waals surface area contributed by atoms with E-state index in [-0.39, 0.29) is 5.91 Å². The maximum atomic E-state index is 12.5. The van der Waals surface area contributed by atoms with Crippen molar-refractivity contribution in [2.75, 3.05) is 24.9 Å². The van der Waals surface area contributed by atoms with Gasteiger partial charge in [0.15, 0.2) is 0 Å². The molecule has 0 fully saturated rings. The number of benzene rings is 2. The Hall–Kier alpha value is -3.61. The third-order valence-corrected chi connectivity index (χ3v) is 4.21. The Kier molecular flexibility index (Phi) is 5.74. The van der Waals surface area contributed by atoms with Crippen molar-refractivity contribution in [3.63, 3.8) is 0 Å². The van der Waals surface area contributed by atoms with Crippen LogP contribution in [-0.4, -0.2) is 30.1 Å². The zero-order chi connectivity index (χ0) is 20.1. The molecular weight excluding hydrogens is 356 g/mol. The minimum atomic E-state index is -0.343. The van der Waals surface area contributed by atoms with Gasteiger partial charge < -0.3 is 20.1 Å². The molecule has 1 aromatic heterocycles. The van der Waals surface area contributed by atoms with Crippen molar-refractivity contribution in [2.24, 2.45) is 0 Å². The first kappa shape index (κ1) is 19.2. The molecule has 0 aliphatic heterocycles. The second-order valence-electron chi connectivity index (χ2n) is 6.26. The van der Waals surface area contributed by atoms with Crippen LogP contribution >= 0.6 is 0 Å². The molecule has 0 aliphatic rings. The topological polar surface area (TPSA) is 85.4 Å². The highest BCUT2D eigenvalue weighted by atomic mass is 16.5. The summed E-state index contributed by atoms with van der Waals surface area (Å²) in [4.78, 5) is 21.0. The Morgan fingerprint density at radius 3 is 2.36 bits per heavy atom. The monoisotopic (exact) mass is 378 g/mol. The second kappa shape index (κ2) is 8.39. The molecule has 0 unspecified atom stereocenters. The zero-order valence-corrected chi connectivity index (χ0v) is 16.2. The predicted octanol–water partition coefficient (Wildman–Crippen LogP) is 4.11. The fourth-order valence-corrected chi connectivity index (χ4v) is 2.61. The van der Waals surface area contributed by atoms with Crippen molar-refractivity contribution in [2.45, 2.75) is 13.8 Å². The fraction of sp³-hybridized carbons (Fsp3) is 0.190. The van der Waals surface area contributed by atoms with Crippen LogP contribution < -0.4 is 20.1 Å². The number of carbonyl (C=O) groups excluding carboxylic acids is 1. The van der Waals surface area contributed by atoms with E-state index in [1.54, 1.807) is 25.3 Å². The average molecular weight is 378 g/mol. The van der Waals surface area contributed by atoms with Crippen LogP contribution in [0.1, 0.15) is 21.5 Å². The number of amides is 1. The van der Waals surface area contributed by atoms with E-state index in [2.05, 4.69) is 20.6 Å². The highest BCUT2D eigenvalue weighted by Gasteiger charge is 2.12. The summed E-state index contributed by atoms with van der Waals surface area (Å²) in [5.41, 5.74) is 3.98. The van der Waals surface area contributed by atoms with E-state index >= 15 is 0 Å². The maximum absolute atomic E-state index is 12.5. The van der Waals surface area contributed by atoms with E-state index in [4.69, 9.17) is 9.47 Å². The normalized spacial score (nSPS) is 10.3. The lowest BCUT2D eigenvalue weighted by Crippen LogP contribution is -2.14. The minimum absolute atomic E-state index is 0.330. The van der Waals surface area contributed by atoms with Gasteiger partial charge in [0.2, 0.25) is 5.95 Å². The van der Waals surface area contributed by atoms with E-state index in [0.29, 0.717) is 28.7 Å². The predicted molar refractivity (Wildman–Crippen MR) is 109 cm³/mol. The summed E-state index contributed by atoms with van der Waals surface area (Å²) in [6.07, 6.45) is 2.95. The molecule has 0 spiro atoms. The number of hydrogen-bond acceptors (Lipinski definition) is 6. The van der Waals surface area contributed by atoms with Crippen LogP contribution in [0.15, 0.2) is 48.8 Å². The maximum Gasteiger partial charge on any atom is 0.258 e. The molecule has 0 saturated carbocycles. The summed E-state index contributed by atoms with van der Waals surface area (Å²) in [7, 11) is 3.09. The zero-order valence-electron chi connectivity index (χ0n) is 16.2. The Bertz CT molecular complexity index is 987. The molecular formula is C21H22N4O3. The molecule has 2 aromatic carbocycles. The summed E-state index contributed by atoms with van der Waals surface area (Å²) >= 11 is 0. The smallest absolute Gasteiger partial charge is 0.258 e. The van der Waals surface area contributed by atoms with Crippen molar-refractivity contribution in [3.05, 3.63) is 65.5 Å². The lowest BCUT2D eigenvalue weighted by atomic mass is 10.1. The summed E-state index contributed by atoms with van der Waals surface area (Å²) in [6, 6.07) is 11.3. The second-order valence-corrected chi connectivity index (χ2v) is 6.26. The quantitative estimate of drug-likeness (QED) is 0.671. The Morgan fingerprint density at radius 1 is 0.929 bits per heavy atom. The Labute approximate surface area is 163 Å². The molecule has 0 atom stereocenters. The molecule has 7 heteroatoms. The van der Waals surface area contributed by atoms with Crippen LogP contribution in [0.4, 0.5) is 17.3 Å². The summed E-state index contributed by atoms with van der Waals surface area (Å²) in [5, 5.41) is 5.97. The van der Waals surface area contributed by atoms with Crippen molar-refractivity contribution < 1.29 is 14.3 Å². The first-order valence-electron chi connectivity index (χ1n) is 8.70. The van der Waals surface area contributed by atoms with Gasteiger partial charge in [0.25, 0.3) is 5.91 Å². The number of hydrogen-bond donors (Lipinski definition) is 2. The van der Waals surface area contributed by atoms with Crippen molar-refractivity contribution >= 4 is 23.2 Å². The van der Waals surface area contributed by atoms with Crippen LogP contribution in [0.5, 0.6) is 11.5 Å². The highest BCUT2D eigenvalue weighted by Crippen LogP contribution is 2.29. The third-order valence-electron chi connectivity index (χ3n) is 4.21. The first-order chi connectivity index (χ1) is 13.5. The standard InChI is InChI=1S/C21H22N4O3/c1-13-5-6-14(2)17(9-13)25-21-22-11-15(12-23-21)20(26)24-18-10-16(27-3)7-8-19(18)28-4/h5-12H,1-4H3,(H,24,26)(H,22,23,25). The molecule has 7 nitrogen and oxygen atoms in total. The Balaban J connectivity index is 1.74. The van der Waals surface area contributed by atoms with Gasteiger partial charge >= 0.3 is 0 Å². The van der Waals surface area contributed by atoms with E-state index in [1.165, 1.54) is 19.5 Å². The van der Waals surface area contributed by atoms with E-state index in [1.807, 2.05) is 32.0 Å². The molecule has 28 heavy (non-hydrogen) atoms. The number of aryl methyl sites for hydroxylation is 2. The molecule has 1 heterocycles. The third kappa shape index (κ3) is 4.37. The number of anilines is 3. The number of nitrogens with zero attached hydrogens (tertiary/aromatic N) is 2. The molecule has 3 aromatic rings. The molecule has 2 N–H and O–H groups in total. The van der Waals surface area contributed by atoms with Gasteiger partial charge in [0, 0.05) is 24.1 Å². The molecule has 1 amide bonds. The number of carbonyl (C=O) groups is 1. The molecule has 144 valence electrons. The molecule has 0 radical (unpaired) electrons. The van der Waals surface area contributed by atoms with Gasteiger partial charge in [-0.05, 0) is 43.2 Å². The van der Waals surface area contributed by atoms with Gasteiger partial charge in [-0.2, -0.15) is 0 Å². The summed E-state index contributed by atoms with van der Waals surface area (Å²) in [5.74, 6) is 1.22. The number of aromatic nitrogens is 2. The average Bonchev–Trinajstić information content (AvgIpc) is 2.71. The molecule has 0 aliphatic carbocycles. The van der Waals surface area contributed by atoms with Crippen LogP contribution in [-0.2, 0) is 0 Å². The van der Waals surface area contributed by atoms with Gasteiger partial charge in [-0.25, -0.2) is 9.97 Å². The van der Waals surface area contributed by atoms with E-state index in [9.17, 15) is 4.79 Å². The minimum Gasteiger partial charge on any atom is -0.497 e. The number of ether oxygens (including phenoxy) is 2. The van der Waals surface area contributed by atoms with Crippen LogP contribution in [0, 0.1) is 13.8 Å². The van der Waals surface area contributed by atoms with E-state index in [0.717, 1.165) is 16.8 Å². The number of rotatable bonds is 6. The van der Waals surface area contributed by atoms with E-state index < -0.39 is 0 Å². The highest BCUT2D eigenvalue weighted by molar-refractivity contribution is 6.04.